The normalized spacial score (nSPS) is 19.9. The van der Waals surface area contributed by atoms with Crippen LogP contribution in [-0.2, 0) is 10.0 Å². The Kier molecular flexibility index (Phi) is 4.90. The van der Waals surface area contributed by atoms with Gasteiger partial charge < -0.3 is 0 Å². The van der Waals surface area contributed by atoms with Crippen molar-refractivity contribution in [2.24, 2.45) is 0 Å². The van der Waals surface area contributed by atoms with Crippen LogP contribution in [0.5, 0.6) is 0 Å². The summed E-state index contributed by atoms with van der Waals surface area (Å²) >= 11 is 0. The van der Waals surface area contributed by atoms with E-state index in [4.69, 9.17) is 0 Å². The first-order valence-corrected chi connectivity index (χ1v) is 9.45. The monoisotopic (exact) mass is 366 g/mol. The van der Waals surface area contributed by atoms with Crippen LogP contribution in [-0.4, -0.2) is 44.3 Å². The first-order valence-electron chi connectivity index (χ1n) is 8.01. The van der Waals surface area contributed by atoms with E-state index in [-0.39, 0.29) is 17.5 Å². The van der Waals surface area contributed by atoms with Crippen molar-refractivity contribution in [2.45, 2.75) is 17.9 Å². The second kappa shape index (κ2) is 6.82. The number of sulfonamides is 1. The third-order valence-corrected chi connectivity index (χ3v) is 6.46. The van der Waals surface area contributed by atoms with Gasteiger partial charge in [-0.05, 0) is 37.7 Å². The van der Waals surface area contributed by atoms with E-state index in [0.29, 0.717) is 13.1 Å². The molecule has 1 atom stereocenters. The molecule has 0 aromatic heterocycles. The minimum absolute atomic E-state index is 0.0885. The van der Waals surface area contributed by atoms with Crippen LogP contribution in [0.15, 0.2) is 47.4 Å². The number of rotatable bonds is 3. The van der Waals surface area contributed by atoms with Crippen LogP contribution in [0.3, 0.4) is 0 Å². The molecule has 0 bridgehead atoms. The van der Waals surface area contributed by atoms with E-state index in [9.17, 15) is 17.2 Å². The highest BCUT2D eigenvalue weighted by Crippen LogP contribution is 2.28. The summed E-state index contributed by atoms with van der Waals surface area (Å²) in [5.74, 6) is -2.22. The van der Waals surface area contributed by atoms with Gasteiger partial charge in [0.1, 0.15) is 0 Å². The minimum atomic E-state index is -3.87. The molecule has 4 nitrogen and oxygen atoms in total. The van der Waals surface area contributed by atoms with Gasteiger partial charge in [0.15, 0.2) is 11.6 Å². The number of benzene rings is 2. The van der Waals surface area contributed by atoms with Crippen molar-refractivity contribution in [1.82, 2.24) is 9.21 Å². The van der Waals surface area contributed by atoms with E-state index >= 15 is 0 Å². The predicted octanol–water partition coefficient (Wildman–Crippen LogP) is 2.95. The number of nitrogens with zero attached hydrogens (tertiary/aromatic N) is 2. The summed E-state index contributed by atoms with van der Waals surface area (Å²) in [7, 11) is -1.92. The average molecular weight is 366 g/mol. The van der Waals surface area contributed by atoms with Crippen LogP contribution < -0.4 is 0 Å². The van der Waals surface area contributed by atoms with Crippen LogP contribution in [0.2, 0.25) is 0 Å². The lowest BCUT2D eigenvalue weighted by Gasteiger charge is -2.39. The van der Waals surface area contributed by atoms with Gasteiger partial charge in [0.05, 0.1) is 4.90 Å². The van der Waals surface area contributed by atoms with Gasteiger partial charge in [-0.25, -0.2) is 17.2 Å². The highest BCUT2D eigenvalue weighted by molar-refractivity contribution is 7.89. The molecular formula is C18H20F2N2O2S. The molecule has 0 spiro atoms. The maximum atomic E-state index is 13.5. The molecule has 0 radical (unpaired) electrons. The lowest BCUT2D eigenvalue weighted by molar-refractivity contribution is 0.148. The summed E-state index contributed by atoms with van der Waals surface area (Å²) < 4.78 is 53.5. The Hall–Kier alpha value is -1.83. The topological polar surface area (TPSA) is 40.6 Å². The molecular weight excluding hydrogens is 346 g/mol. The molecule has 0 N–H and O–H groups in total. The van der Waals surface area contributed by atoms with E-state index in [1.54, 1.807) is 0 Å². The van der Waals surface area contributed by atoms with Crippen molar-refractivity contribution in [3.8, 4) is 0 Å². The van der Waals surface area contributed by atoms with E-state index < -0.39 is 21.7 Å². The molecule has 1 unspecified atom stereocenters. The Morgan fingerprint density at radius 1 is 1.00 bits per heavy atom. The quantitative estimate of drug-likeness (QED) is 0.839. The SMILES string of the molecule is Cc1ccc(C2CN(S(=O)(=O)c3ccc(F)c(F)c3)CCN2C)cc1. The number of hydrogen-bond acceptors (Lipinski definition) is 3. The van der Waals surface area contributed by atoms with Gasteiger partial charge in [-0.3, -0.25) is 4.90 Å². The third kappa shape index (κ3) is 3.58. The fourth-order valence-electron chi connectivity index (χ4n) is 3.00. The van der Waals surface area contributed by atoms with Crippen LogP contribution in [0.1, 0.15) is 17.2 Å². The molecule has 0 amide bonds. The Morgan fingerprint density at radius 2 is 1.68 bits per heavy atom. The minimum Gasteiger partial charge on any atom is -0.297 e. The first kappa shape index (κ1) is 18.0. The Morgan fingerprint density at radius 3 is 2.32 bits per heavy atom. The van der Waals surface area contributed by atoms with Gasteiger partial charge in [-0.15, -0.1) is 0 Å². The lowest BCUT2D eigenvalue weighted by atomic mass is 10.0. The van der Waals surface area contributed by atoms with Gasteiger partial charge in [-0.2, -0.15) is 4.31 Å². The van der Waals surface area contributed by atoms with Gasteiger partial charge >= 0.3 is 0 Å². The molecule has 25 heavy (non-hydrogen) atoms. The number of hydrogen-bond donors (Lipinski definition) is 0. The Balaban J connectivity index is 1.89. The van der Waals surface area contributed by atoms with Crippen molar-refractivity contribution < 1.29 is 17.2 Å². The molecule has 1 heterocycles. The summed E-state index contributed by atoms with van der Waals surface area (Å²) in [6, 6.07) is 10.6. The molecule has 1 aliphatic rings. The highest BCUT2D eigenvalue weighted by atomic mass is 32.2. The Bertz CT molecular complexity index is 869. The zero-order valence-electron chi connectivity index (χ0n) is 14.1. The summed E-state index contributed by atoms with van der Waals surface area (Å²) in [6.45, 7) is 3.12. The third-order valence-electron chi connectivity index (χ3n) is 4.60. The van der Waals surface area contributed by atoms with E-state index in [0.717, 1.165) is 29.3 Å². The van der Waals surface area contributed by atoms with Gasteiger partial charge in [-0.1, -0.05) is 29.8 Å². The summed E-state index contributed by atoms with van der Waals surface area (Å²) in [4.78, 5) is 1.88. The molecule has 3 rings (SSSR count). The molecule has 0 saturated carbocycles. The van der Waals surface area contributed by atoms with Gasteiger partial charge in [0, 0.05) is 25.7 Å². The van der Waals surface area contributed by atoms with Gasteiger partial charge in [0.2, 0.25) is 10.0 Å². The molecule has 7 heteroatoms. The van der Waals surface area contributed by atoms with Gasteiger partial charge in [0.25, 0.3) is 0 Å². The first-order chi connectivity index (χ1) is 11.8. The average Bonchev–Trinajstić information content (AvgIpc) is 2.58. The Labute approximate surface area is 146 Å². The largest absolute Gasteiger partial charge is 0.297 e. The second-order valence-electron chi connectivity index (χ2n) is 6.35. The van der Waals surface area contributed by atoms with E-state index in [2.05, 4.69) is 4.90 Å². The number of likely N-dealkylation sites (N-methyl/N-ethyl adjacent to an activating group) is 1. The predicted molar refractivity (Wildman–Crippen MR) is 91.7 cm³/mol. The molecule has 2 aromatic rings. The summed E-state index contributed by atoms with van der Waals surface area (Å²) in [5.41, 5.74) is 2.16. The van der Waals surface area contributed by atoms with Crippen LogP contribution in [0.25, 0.3) is 0 Å². The smallest absolute Gasteiger partial charge is 0.243 e. The standard InChI is InChI=1S/C18H20F2N2O2S/c1-13-3-5-14(6-4-13)18-12-22(10-9-21(18)2)25(23,24)15-7-8-16(19)17(20)11-15/h3-8,11,18H,9-10,12H2,1-2H3. The van der Waals surface area contributed by atoms with Crippen LogP contribution in [0, 0.1) is 18.6 Å². The summed E-state index contributed by atoms with van der Waals surface area (Å²) in [5, 5.41) is 0. The lowest BCUT2D eigenvalue weighted by Crippen LogP contribution is -2.48. The maximum Gasteiger partial charge on any atom is 0.243 e. The van der Waals surface area contributed by atoms with Crippen LogP contribution >= 0.6 is 0 Å². The summed E-state index contributed by atoms with van der Waals surface area (Å²) in [6.07, 6.45) is 0. The number of aryl methyl sites for hydroxylation is 1. The van der Waals surface area contributed by atoms with Crippen molar-refractivity contribution >= 4 is 10.0 Å². The molecule has 1 saturated heterocycles. The maximum absolute atomic E-state index is 13.5. The second-order valence-corrected chi connectivity index (χ2v) is 8.28. The zero-order valence-corrected chi connectivity index (χ0v) is 14.9. The fraction of sp³-hybridized carbons (Fsp3) is 0.333. The molecule has 1 aliphatic heterocycles. The van der Waals surface area contributed by atoms with Crippen LogP contribution in [0.4, 0.5) is 8.78 Å². The molecule has 2 aromatic carbocycles. The van der Waals surface area contributed by atoms with E-state index in [1.165, 1.54) is 4.31 Å². The molecule has 1 fully saturated rings. The van der Waals surface area contributed by atoms with Crippen molar-refractivity contribution in [1.29, 1.82) is 0 Å². The van der Waals surface area contributed by atoms with Crippen molar-refractivity contribution in [2.75, 3.05) is 26.7 Å². The number of piperazine rings is 1. The molecule has 134 valence electrons. The fourth-order valence-corrected chi connectivity index (χ4v) is 4.45. The van der Waals surface area contributed by atoms with Crippen molar-refractivity contribution in [3.05, 3.63) is 65.2 Å². The zero-order chi connectivity index (χ0) is 18.2. The molecule has 0 aliphatic carbocycles. The highest BCUT2D eigenvalue weighted by Gasteiger charge is 2.33. The van der Waals surface area contributed by atoms with E-state index in [1.807, 2.05) is 38.2 Å². The number of halogens is 2. The van der Waals surface area contributed by atoms with Crippen molar-refractivity contribution in [3.63, 3.8) is 0 Å².